The molecule has 0 saturated heterocycles. The van der Waals surface area contributed by atoms with Crippen molar-refractivity contribution in [1.29, 1.82) is 0 Å². The lowest BCUT2D eigenvalue weighted by Gasteiger charge is -1.93. The van der Waals surface area contributed by atoms with Gasteiger partial charge in [0.25, 0.3) is 0 Å². The van der Waals surface area contributed by atoms with Crippen molar-refractivity contribution >= 4 is 45.8 Å². The minimum atomic E-state index is -0.709. The monoisotopic (exact) mass is 628 g/mol. The van der Waals surface area contributed by atoms with Crippen LogP contribution in [-0.4, -0.2) is 20.4 Å². The molecule has 4 aromatic rings. The molecular formula is C24H11Cl2F4IN4. The first kappa shape index (κ1) is 28.0. The molecule has 0 atom stereocenters. The summed E-state index contributed by atoms with van der Waals surface area (Å²) in [6, 6.07) is 12.9. The molecule has 2 aromatic carbocycles. The van der Waals surface area contributed by atoms with Crippen molar-refractivity contribution in [3.05, 3.63) is 115 Å². The average molecular weight is 629 g/mol. The molecule has 2 aromatic heterocycles. The van der Waals surface area contributed by atoms with Gasteiger partial charge in [-0.15, -0.1) is 26.8 Å². The molecule has 0 fully saturated rings. The van der Waals surface area contributed by atoms with Gasteiger partial charge in [0.15, 0.2) is 10.3 Å². The van der Waals surface area contributed by atoms with Crippen LogP contribution < -0.4 is 0 Å². The Morgan fingerprint density at radius 2 is 1.20 bits per heavy atom. The lowest BCUT2D eigenvalue weighted by atomic mass is 10.2. The molecule has 0 aliphatic carbocycles. The number of rotatable bonds is 0. The highest BCUT2D eigenvalue weighted by molar-refractivity contribution is 14.1. The molecule has 4 rings (SSSR count). The van der Waals surface area contributed by atoms with Crippen LogP contribution in [0.3, 0.4) is 0 Å². The van der Waals surface area contributed by atoms with Crippen molar-refractivity contribution in [2.75, 3.05) is 0 Å². The van der Waals surface area contributed by atoms with Gasteiger partial charge >= 0.3 is 0 Å². The van der Waals surface area contributed by atoms with E-state index in [1.54, 1.807) is 18.2 Å². The van der Waals surface area contributed by atoms with Gasteiger partial charge in [0.05, 0.1) is 11.1 Å². The molecule has 35 heavy (non-hydrogen) atoms. The van der Waals surface area contributed by atoms with E-state index in [0.717, 1.165) is 28.0 Å². The van der Waals surface area contributed by atoms with Gasteiger partial charge in [0.1, 0.15) is 32.7 Å². The maximum atomic E-state index is 13.2. The molecule has 0 spiro atoms. The molecule has 11 heteroatoms. The number of aromatic nitrogens is 4. The Bertz CT molecular complexity index is 1360. The summed E-state index contributed by atoms with van der Waals surface area (Å²) < 4.78 is 51.3. The van der Waals surface area contributed by atoms with E-state index in [2.05, 4.69) is 60.7 Å². The Labute approximate surface area is 221 Å². The Hall–Kier alpha value is -3.25. The van der Waals surface area contributed by atoms with E-state index in [9.17, 15) is 17.6 Å². The standard InChI is InChI=1S/C12H5ClF2N2.C8H4F2.C4H2ClIN2/c13-12-6-5-10(16-17-12)4-2-8-1-3-9(14)7-11(8)15;1-2-6-3-4-7(9)5-8(6)10;5-3-1-2-4(6)8-7-3/h1,3,5-7H;1,3-5H;1-2H. The Kier molecular flexibility index (Phi) is 11.4. The van der Waals surface area contributed by atoms with Gasteiger partial charge in [-0.1, -0.05) is 35.0 Å². The van der Waals surface area contributed by atoms with Crippen LogP contribution in [0.15, 0.2) is 60.7 Å². The lowest BCUT2D eigenvalue weighted by molar-refractivity contribution is 0.580. The van der Waals surface area contributed by atoms with Gasteiger partial charge in [-0.25, -0.2) is 17.6 Å². The fourth-order valence-corrected chi connectivity index (χ4v) is 2.50. The molecule has 4 nitrogen and oxygen atoms in total. The average Bonchev–Trinajstić information content (AvgIpc) is 2.82. The zero-order chi connectivity index (χ0) is 25.8. The Morgan fingerprint density at radius 3 is 1.63 bits per heavy atom. The van der Waals surface area contributed by atoms with Crippen molar-refractivity contribution in [1.82, 2.24) is 20.4 Å². The zero-order valence-electron chi connectivity index (χ0n) is 17.3. The van der Waals surface area contributed by atoms with E-state index in [1.165, 1.54) is 18.2 Å². The summed E-state index contributed by atoms with van der Waals surface area (Å²) >= 11 is 13.0. The fraction of sp³-hybridized carbons (Fsp3) is 0. The van der Waals surface area contributed by atoms with Gasteiger partial charge in [0, 0.05) is 12.1 Å². The largest absolute Gasteiger partial charge is 0.207 e. The van der Waals surface area contributed by atoms with Crippen LogP contribution in [0.25, 0.3) is 0 Å². The molecule has 176 valence electrons. The van der Waals surface area contributed by atoms with Gasteiger partial charge in [-0.3, -0.25) is 0 Å². The predicted octanol–water partition coefficient (Wildman–Crippen LogP) is 6.49. The first-order valence-electron chi connectivity index (χ1n) is 9.20. The number of terminal acetylenes is 1. The molecule has 0 amide bonds. The molecular weight excluding hydrogens is 618 g/mol. The zero-order valence-corrected chi connectivity index (χ0v) is 21.0. The van der Waals surface area contributed by atoms with Gasteiger partial charge < -0.3 is 0 Å². The molecule has 0 saturated carbocycles. The minimum Gasteiger partial charge on any atom is -0.207 e. The molecule has 0 unspecified atom stereocenters. The normalized spacial score (nSPS) is 9.31. The van der Waals surface area contributed by atoms with Gasteiger partial charge in [-0.05, 0) is 77.0 Å². The van der Waals surface area contributed by atoms with Gasteiger partial charge in [-0.2, -0.15) is 0 Å². The third-order valence-electron chi connectivity index (χ3n) is 3.57. The third-order valence-corrected chi connectivity index (χ3v) is 4.55. The highest BCUT2D eigenvalue weighted by Gasteiger charge is 2.00. The van der Waals surface area contributed by atoms with E-state index in [4.69, 9.17) is 29.6 Å². The minimum absolute atomic E-state index is 0.0846. The van der Waals surface area contributed by atoms with Crippen LogP contribution in [0, 0.1) is 51.2 Å². The predicted molar refractivity (Wildman–Crippen MR) is 133 cm³/mol. The maximum absolute atomic E-state index is 13.2. The Balaban J connectivity index is 0.000000204. The number of benzene rings is 2. The van der Waals surface area contributed by atoms with E-state index in [0.29, 0.717) is 10.8 Å². The highest BCUT2D eigenvalue weighted by atomic mass is 127. The summed E-state index contributed by atoms with van der Waals surface area (Å²) in [4.78, 5) is 0. The summed E-state index contributed by atoms with van der Waals surface area (Å²) in [5.74, 6) is 4.57. The van der Waals surface area contributed by atoms with Crippen molar-refractivity contribution in [3.63, 3.8) is 0 Å². The van der Waals surface area contributed by atoms with Crippen molar-refractivity contribution in [2.24, 2.45) is 0 Å². The van der Waals surface area contributed by atoms with Crippen LogP contribution in [0.4, 0.5) is 17.6 Å². The van der Waals surface area contributed by atoms with Crippen molar-refractivity contribution < 1.29 is 17.6 Å². The van der Waals surface area contributed by atoms with Crippen molar-refractivity contribution in [3.8, 4) is 24.2 Å². The first-order valence-corrected chi connectivity index (χ1v) is 11.0. The second-order valence-corrected chi connectivity index (χ2v) is 7.94. The summed E-state index contributed by atoms with van der Waals surface area (Å²) in [7, 11) is 0. The summed E-state index contributed by atoms with van der Waals surface area (Å²) in [5, 5.41) is 15.2. The van der Waals surface area contributed by atoms with E-state index in [-0.39, 0.29) is 16.3 Å². The van der Waals surface area contributed by atoms with Gasteiger partial charge in [0.2, 0.25) is 0 Å². The van der Waals surface area contributed by atoms with E-state index >= 15 is 0 Å². The smallest absolute Gasteiger partial charge is 0.151 e. The van der Waals surface area contributed by atoms with E-state index < -0.39 is 23.3 Å². The molecule has 0 radical (unpaired) electrons. The maximum Gasteiger partial charge on any atom is 0.151 e. The van der Waals surface area contributed by atoms with Crippen LogP contribution >= 0.6 is 45.8 Å². The Morgan fingerprint density at radius 1 is 0.657 bits per heavy atom. The summed E-state index contributed by atoms with van der Waals surface area (Å²) in [6.07, 6.45) is 4.89. The summed E-state index contributed by atoms with van der Waals surface area (Å²) in [5.41, 5.74) is 0.544. The number of hydrogen-bond donors (Lipinski definition) is 0. The van der Waals surface area contributed by atoms with Crippen molar-refractivity contribution in [2.45, 2.75) is 0 Å². The second kappa shape index (κ2) is 14.2. The number of hydrogen-bond acceptors (Lipinski definition) is 4. The third kappa shape index (κ3) is 10.3. The van der Waals surface area contributed by atoms with Crippen LogP contribution in [-0.2, 0) is 0 Å². The molecule has 0 N–H and O–H groups in total. The van der Waals surface area contributed by atoms with Crippen LogP contribution in [0.2, 0.25) is 10.3 Å². The molecule has 2 heterocycles. The van der Waals surface area contributed by atoms with Crippen LogP contribution in [0.5, 0.6) is 0 Å². The van der Waals surface area contributed by atoms with E-state index in [1.807, 2.05) is 0 Å². The SMILES string of the molecule is C#Cc1ccc(F)cc1F.Clc1ccc(I)nn1.Fc1ccc(C#Cc2ccc(Cl)nn2)c(F)c1. The lowest BCUT2D eigenvalue weighted by Crippen LogP contribution is -1.88. The highest BCUT2D eigenvalue weighted by Crippen LogP contribution is 2.09. The number of nitrogens with zero attached hydrogens (tertiary/aromatic N) is 4. The van der Waals surface area contributed by atoms with Crippen LogP contribution in [0.1, 0.15) is 16.8 Å². The number of halogens is 7. The fourth-order valence-electron chi connectivity index (χ4n) is 2.01. The molecule has 0 bridgehead atoms. The molecule has 0 aliphatic heterocycles. The first-order chi connectivity index (χ1) is 16.7. The topological polar surface area (TPSA) is 51.6 Å². The second-order valence-electron chi connectivity index (χ2n) is 6.06. The molecule has 0 aliphatic rings. The quantitative estimate of drug-likeness (QED) is 0.127. The summed E-state index contributed by atoms with van der Waals surface area (Å²) in [6.45, 7) is 0.